The zero-order chi connectivity index (χ0) is 16.3. The summed E-state index contributed by atoms with van der Waals surface area (Å²) < 4.78 is 1.79. The van der Waals surface area contributed by atoms with Crippen LogP contribution in [0.25, 0.3) is 6.08 Å². The molecule has 1 unspecified atom stereocenters. The van der Waals surface area contributed by atoms with Gasteiger partial charge in [0, 0.05) is 24.4 Å². The molecule has 2 aromatic rings. The maximum atomic E-state index is 11.9. The van der Waals surface area contributed by atoms with Gasteiger partial charge in [0.05, 0.1) is 12.2 Å². The molecule has 2 rings (SSSR count). The topological polar surface area (TPSA) is 67.2 Å². The lowest BCUT2D eigenvalue weighted by molar-refractivity contribution is -0.117. The molecule has 118 valence electrons. The van der Waals surface area contributed by atoms with E-state index in [1.807, 2.05) is 37.7 Å². The second kappa shape index (κ2) is 6.46. The molecular formula is C16H21N3O2S. The summed E-state index contributed by atoms with van der Waals surface area (Å²) in [5, 5.41) is 21.2. The smallest absolute Gasteiger partial charge is 0.244 e. The molecule has 0 aliphatic carbocycles. The van der Waals surface area contributed by atoms with Gasteiger partial charge in [0.15, 0.2) is 0 Å². The van der Waals surface area contributed by atoms with Gasteiger partial charge in [-0.3, -0.25) is 9.48 Å². The molecule has 5 nitrogen and oxygen atoms in total. The van der Waals surface area contributed by atoms with E-state index >= 15 is 0 Å². The number of carbonyl (C=O) groups excluding carboxylic acids is 1. The molecule has 0 aliphatic heterocycles. The largest absolute Gasteiger partial charge is 0.384 e. The average molecular weight is 319 g/mol. The molecule has 0 radical (unpaired) electrons. The fourth-order valence-electron chi connectivity index (χ4n) is 2.18. The number of aryl methyl sites for hydroxylation is 2. The van der Waals surface area contributed by atoms with E-state index in [1.54, 1.807) is 17.7 Å². The Morgan fingerprint density at radius 3 is 2.82 bits per heavy atom. The average Bonchev–Trinajstić information content (AvgIpc) is 3.06. The van der Waals surface area contributed by atoms with E-state index in [9.17, 15) is 9.90 Å². The molecule has 0 saturated carbocycles. The number of nitrogens with one attached hydrogen (secondary N) is 1. The number of carbonyl (C=O) groups is 1. The Bertz CT molecular complexity index is 685. The summed E-state index contributed by atoms with van der Waals surface area (Å²) in [6.45, 7) is 5.72. The molecule has 1 atom stereocenters. The molecule has 0 aliphatic rings. The van der Waals surface area contributed by atoms with Crippen molar-refractivity contribution >= 4 is 23.3 Å². The van der Waals surface area contributed by atoms with Crippen LogP contribution in [0.5, 0.6) is 0 Å². The summed E-state index contributed by atoms with van der Waals surface area (Å²) in [7, 11) is 1.87. The minimum absolute atomic E-state index is 0.165. The normalized spacial score (nSPS) is 14.2. The number of aliphatic hydroxyl groups is 1. The number of aromatic nitrogens is 2. The van der Waals surface area contributed by atoms with Crippen molar-refractivity contribution in [2.45, 2.75) is 26.4 Å². The van der Waals surface area contributed by atoms with Gasteiger partial charge < -0.3 is 10.4 Å². The van der Waals surface area contributed by atoms with E-state index in [0.29, 0.717) is 0 Å². The van der Waals surface area contributed by atoms with Crippen LogP contribution in [-0.4, -0.2) is 27.3 Å². The Balaban J connectivity index is 1.97. The standard InChI is InChI=1S/C16H21N3O2S/c1-11-14(12(2)19(4)18-11)5-6-15(20)17-10-16(3,21)13-7-8-22-9-13/h5-9,21H,10H2,1-4H3,(H,17,20). The SMILES string of the molecule is Cc1nn(C)c(C)c1C=CC(=O)NCC(C)(O)c1ccsc1. The van der Waals surface area contributed by atoms with Crippen molar-refractivity contribution in [3.05, 3.63) is 45.4 Å². The molecular weight excluding hydrogens is 298 g/mol. The molecule has 2 N–H and O–H groups in total. The third kappa shape index (κ3) is 3.64. The summed E-state index contributed by atoms with van der Waals surface area (Å²) in [6.07, 6.45) is 3.23. The first-order valence-electron chi connectivity index (χ1n) is 7.02. The second-order valence-electron chi connectivity index (χ2n) is 5.55. The number of thiophene rings is 1. The lowest BCUT2D eigenvalue weighted by Crippen LogP contribution is -2.37. The van der Waals surface area contributed by atoms with Gasteiger partial charge in [-0.25, -0.2) is 0 Å². The van der Waals surface area contributed by atoms with Crippen molar-refractivity contribution in [3.63, 3.8) is 0 Å². The fourth-order valence-corrected chi connectivity index (χ4v) is 2.96. The molecule has 6 heteroatoms. The molecule has 0 spiro atoms. The number of hydrogen-bond donors (Lipinski definition) is 2. The van der Waals surface area contributed by atoms with Crippen LogP contribution < -0.4 is 5.32 Å². The first kappa shape index (κ1) is 16.5. The number of hydrogen-bond acceptors (Lipinski definition) is 4. The summed E-state index contributed by atoms with van der Waals surface area (Å²) in [6, 6.07) is 1.86. The summed E-state index contributed by atoms with van der Waals surface area (Å²) in [5.41, 5.74) is 2.58. The zero-order valence-electron chi connectivity index (χ0n) is 13.3. The van der Waals surface area contributed by atoms with Gasteiger partial charge in [-0.2, -0.15) is 16.4 Å². The van der Waals surface area contributed by atoms with Crippen molar-refractivity contribution in [1.82, 2.24) is 15.1 Å². The van der Waals surface area contributed by atoms with Crippen LogP contribution in [0.4, 0.5) is 0 Å². The van der Waals surface area contributed by atoms with E-state index in [1.165, 1.54) is 17.4 Å². The van der Waals surface area contributed by atoms with Crippen molar-refractivity contribution < 1.29 is 9.90 Å². The minimum atomic E-state index is -1.07. The van der Waals surface area contributed by atoms with E-state index in [0.717, 1.165) is 22.5 Å². The van der Waals surface area contributed by atoms with Gasteiger partial charge in [-0.05, 0) is 49.2 Å². The summed E-state index contributed by atoms with van der Waals surface area (Å²) in [5.74, 6) is -0.238. The summed E-state index contributed by atoms with van der Waals surface area (Å²) >= 11 is 1.52. The Labute approximate surface area is 134 Å². The van der Waals surface area contributed by atoms with Gasteiger partial charge in [0.1, 0.15) is 5.60 Å². The van der Waals surface area contributed by atoms with Gasteiger partial charge in [-0.15, -0.1) is 0 Å². The van der Waals surface area contributed by atoms with Crippen molar-refractivity contribution in [2.75, 3.05) is 6.54 Å². The molecule has 0 fully saturated rings. The third-order valence-electron chi connectivity index (χ3n) is 3.72. The van der Waals surface area contributed by atoms with Gasteiger partial charge in [0.25, 0.3) is 0 Å². The second-order valence-corrected chi connectivity index (χ2v) is 6.33. The Morgan fingerprint density at radius 1 is 1.55 bits per heavy atom. The predicted molar refractivity (Wildman–Crippen MR) is 88.6 cm³/mol. The highest BCUT2D eigenvalue weighted by atomic mass is 32.1. The van der Waals surface area contributed by atoms with Gasteiger partial charge in [0.2, 0.25) is 5.91 Å². The zero-order valence-corrected chi connectivity index (χ0v) is 14.1. The molecule has 0 aromatic carbocycles. The fraction of sp³-hybridized carbons (Fsp3) is 0.375. The molecule has 2 aromatic heterocycles. The maximum Gasteiger partial charge on any atom is 0.244 e. The van der Waals surface area contributed by atoms with Crippen LogP contribution in [0.3, 0.4) is 0 Å². The van der Waals surface area contributed by atoms with Gasteiger partial charge >= 0.3 is 0 Å². The van der Waals surface area contributed by atoms with E-state index in [2.05, 4.69) is 10.4 Å². The quantitative estimate of drug-likeness (QED) is 0.830. The predicted octanol–water partition coefficient (Wildman–Crippen LogP) is 2.14. The monoisotopic (exact) mass is 319 g/mol. The molecule has 1 amide bonds. The van der Waals surface area contributed by atoms with Crippen LogP contribution in [0, 0.1) is 13.8 Å². The molecule has 2 heterocycles. The number of nitrogens with zero attached hydrogens (tertiary/aromatic N) is 2. The Kier molecular flexibility index (Phi) is 4.83. The van der Waals surface area contributed by atoms with Crippen LogP contribution in [0.1, 0.15) is 29.4 Å². The first-order chi connectivity index (χ1) is 10.3. The van der Waals surface area contributed by atoms with Crippen molar-refractivity contribution in [3.8, 4) is 0 Å². The lowest BCUT2D eigenvalue weighted by atomic mass is 9.99. The molecule has 22 heavy (non-hydrogen) atoms. The Hall–Kier alpha value is -1.92. The summed E-state index contributed by atoms with van der Waals surface area (Å²) in [4.78, 5) is 11.9. The van der Waals surface area contributed by atoms with Crippen molar-refractivity contribution in [1.29, 1.82) is 0 Å². The van der Waals surface area contributed by atoms with Crippen molar-refractivity contribution in [2.24, 2.45) is 7.05 Å². The third-order valence-corrected chi connectivity index (χ3v) is 4.40. The highest BCUT2D eigenvalue weighted by Crippen LogP contribution is 2.22. The van der Waals surface area contributed by atoms with E-state index < -0.39 is 5.60 Å². The first-order valence-corrected chi connectivity index (χ1v) is 7.96. The maximum absolute atomic E-state index is 11.9. The highest BCUT2D eigenvalue weighted by molar-refractivity contribution is 7.08. The minimum Gasteiger partial charge on any atom is -0.384 e. The lowest BCUT2D eigenvalue weighted by Gasteiger charge is -2.22. The molecule has 0 saturated heterocycles. The molecule has 0 bridgehead atoms. The highest BCUT2D eigenvalue weighted by Gasteiger charge is 2.23. The Morgan fingerprint density at radius 2 is 2.27 bits per heavy atom. The van der Waals surface area contributed by atoms with E-state index in [-0.39, 0.29) is 12.5 Å². The van der Waals surface area contributed by atoms with E-state index in [4.69, 9.17) is 0 Å². The van der Waals surface area contributed by atoms with Crippen LogP contribution in [-0.2, 0) is 17.4 Å². The van der Waals surface area contributed by atoms with Crippen LogP contribution in [0.15, 0.2) is 22.9 Å². The number of amides is 1. The van der Waals surface area contributed by atoms with Crippen LogP contribution >= 0.6 is 11.3 Å². The number of rotatable bonds is 5. The van der Waals surface area contributed by atoms with Gasteiger partial charge in [-0.1, -0.05) is 0 Å². The van der Waals surface area contributed by atoms with Crippen LogP contribution in [0.2, 0.25) is 0 Å².